The molecule has 0 atom stereocenters. The summed E-state index contributed by atoms with van der Waals surface area (Å²) in [6.45, 7) is 0. The van der Waals surface area contributed by atoms with Crippen LogP contribution in [0.5, 0.6) is 5.75 Å². The van der Waals surface area contributed by atoms with Crippen LogP contribution in [0.4, 0.5) is 10.2 Å². The van der Waals surface area contributed by atoms with Crippen LogP contribution in [0.25, 0.3) is 33.5 Å². The van der Waals surface area contributed by atoms with Gasteiger partial charge in [0.1, 0.15) is 17.4 Å². The van der Waals surface area contributed by atoms with E-state index in [0.29, 0.717) is 34.2 Å². The first-order valence-corrected chi connectivity index (χ1v) is 9.63. The highest BCUT2D eigenvalue weighted by atomic mass is 19.1. The van der Waals surface area contributed by atoms with Gasteiger partial charge in [0.05, 0.1) is 24.7 Å². The maximum absolute atomic E-state index is 14.5. The Morgan fingerprint density at radius 1 is 0.839 bits per heavy atom. The Kier molecular flexibility index (Phi) is 5.93. The standard InChI is InChI=1S/C24H20FN5O/c1-26-23-13-16(31-2)15-29-21(10-6-11-27-23)19-14-22(18-7-3-4-9-20(18)25)30-24-17(19)8-5-12-28-24/h3-15H,1-2H3,(H,26,27). The largest absolute Gasteiger partial charge is 0.495 e. The van der Waals surface area contributed by atoms with E-state index in [2.05, 4.69) is 25.3 Å². The summed E-state index contributed by atoms with van der Waals surface area (Å²) in [6, 6.07) is 17.5. The predicted molar refractivity (Wildman–Crippen MR) is 120 cm³/mol. The number of nitrogens with zero attached hydrogens (tertiary/aromatic N) is 4. The molecule has 7 heteroatoms. The Labute approximate surface area is 179 Å². The number of benzene rings is 1. The molecule has 3 aromatic heterocycles. The number of anilines is 1. The molecule has 0 spiro atoms. The highest BCUT2D eigenvalue weighted by Gasteiger charge is 2.13. The number of hydrogen-bond acceptors (Lipinski definition) is 6. The zero-order valence-electron chi connectivity index (χ0n) is 17.1. The number of fused-ring (bicyclic) bond motifs is 1. The quantitative estimate of drug-likeness (QED) is 0.504. The number of halogens is 1. The van der Waals surface area contributed by atoms with Gasteiger partial charge in [-0.3, -0.25) is 4.98 Å². The smallest absolute Gasteiger partial charge is 0.160 e. The minimum absolute atomic E-state index is 0.349. The predicted octanol–water partition coefficient (Wildman–Crippen LogP) is 5.07. The second-order valence-corrected chi connectivity index (χ2v) is 6.58. The third-order valence-corrected chi connectivity index (χ3v) is 4.67. The van der Waals surface area contributed by atoms with Crippen molar-refractivity contribution < 1.29 is 9.13 Å². The molecule has 4 rings (SSSR count). The van der Waals surface area contributed by atoms with E-state index in [9.17, 15) is 4.39 Å². The van der Waals surface area contributed by atoms with Gasteiger partial charge in [-0.1, -0.05) is 12.1 Å². The highest BCUT2D eigenvalue weighted by molar-refractivity contribution is 5.93. The first-order chi connectivity index (χ1) is 15.2. The van der Waals surface area contributed by atoms with Gasteiger partial charge in [-0.2, -0.15) is 0 Å². The molecule has 6 nitrogen and oxygen atoms in total. The summed E-state index contributed by atoms with van der Waals surface area (Å²) < 4.78 is 19.9. The Bertz CT molecular complexity index is 1290. The highest BCUT2D eigenvalue weighted by Crippen LogP contribution is 2.31. The number of aromatic nitrogens is 4. The second kappa shape index (κ2) is 9.13. The van der Waals surface area contributed by atoms with Crippen LogP contribution < -0.4 is 10.1 Å². The van der Waals surface area contributed by atoms with Crippen LogP contribution in [-0.4, -0.2) is 34.1 Å². The lowest BCUT2D eigenvalue weighted by atomic mass is 10.0. The molecule has 0 fully saturated rings. The van der Waals surface area contributed by atoms with Crippen molar-refractivity contribution in [3.8, 4) is 28.3 Å². The summed E-state index contributed by atoms with van der Waals surface area (Å²) >= 11 is 0. The lowest BCUT2D eigenvalue weighted by Crippen LogP contribution is -1.94. The van der Waals surface area contributed by atoms with Gasteiger partial charge in [0.25, 0.3) is 0 Å². The Morgan fingerprint density at radius 3 is 2.45 bits per heavy atom. The SMILES string of the molecule is CNc1cc(OC)cnc(-c2cc(-c3ccccc3F)nc3ncccc23)cccn1. The van der Waals surface area contributed by atoms with Gasteiger partial charge in [0, 0.05) is 42.0 Å². The molecule has 1 N–H and O–H groups in total. The lowest BCUT2D eigenvalue weighted by Gasteiger charge is -2.09. The number of rotatable bonds is 4. The third kappa shape index (κ3) is 4.40. The number of pyridine rings is 2. The Morgan fingerprint density at radius 2 is 1.65 bits per heavy atom. The summed E-state index contributed by atoms with van der Waals surface area (Å²) in [5.74, 6) is 0.815. The fourth-order valence-electron chi connectivity index (χ4n) is 3.13. The average molecular weight is 413 g/mol. The summed E-state index contributed by atoms with van der Waals surface area (Å²) in [7, 11) is 3.35. The number of methoxy groups -OCH3 is 1. The minimum atomic E-state index is -0.349. The number of nitrogens with one attached hydrogen (secondary N) is 1. The van der Waals surface area contributed by atoms with Gasteiger partial charge in [0.2, 0.25) is 0 Å². The van der Waals surface area contributed by atoms with Crippen LogP contribution in [0.15, 0.2) is 79.3 Å². The van der Waals surface area contributed by atoms with Gasteiger partial charge in [-0.05, 0) is 42.5 Å². The zero-order chi connectivity index (χ0) is 21.6. The van der Waals surface area contributed by atoms with Crippen molar-refractivity contribution in [3.05, 3.63) is 85.1 Å². The van der Waals surface area contributed by atoms with Crippen molar-refractivity contribution in [2.75, 3.05) is 19.5 Å². The van der Waals surface area contributed by atoms with E-state index in [1.165, 1.54) is 6.07 Å². The van der Waals surface area contributed by atoms with Crippen LogP contribution in [-0.2, 0) is 0 Å². The second-order valence-electron chi connectivity index (χ2n) is 6.58. The molecule has 154 valence electrons. The number of ether oxygens (including phenoxy) is 1. The molecular weight excluding hydrogens is 393 g/mol. The van der Waals surface area contributed by atoms with E-state index >= 15 is 0 Å². The van der Waals surface area contributed by atoms with Crippen LogP contribution >= 0.6 is 0 Å². The van der Waals surface area contributed by atoms with Crippen molar-refractivity contribution in [2.45, 2.75) is 0 Å². The maximum Gasteiger partial charge on any atom is 0.160 e. The Balaban J connectivity index is 1.99. The van der Waals surface area contributed by atoms with E-state index in [-0.39, 0.29) is 5.82 Å². The first kappa shape index (κ1) is 20.2. The molecule has 0 bridgehead atoms. The molecule has 0 aliphatic carbocycles. The van der Waals surface area contributed by atoms with Gasteiger partial charge in [-0.15, -0.1) is 0 Å². The monoisotopic (exact) mass is 413 g/mol. The fraction of sp³-hybridized carbons (Fsp3) is 0.0833. The molecule has 0 aliphatic rings. The van der Waals surface area contributed by atoms with Gasteiger partial charge in [-0.25, -0.2) is 19.3 Å². The van der Waals surface area contributed by atoms with Gasteiger partial charge < -0.3 is 10.1 Å². The summed E-state index contributed by atoms with van der Waals surface area (Å²) in [5, 5.41) is 3.79. The molecule has 0 amide bonds. The molecular formula is C24H20FN5O. The van der Waals surface area contributed by atoms with Crippen molar-refractivity contribution in [3.63, 3.8) is 0 Å². The molecule has 31 heavy (non-hydrogen) atoms. The topological polar surface area (TPSA) is 72.8 Å². The normalized spacial score (nSPS) is 10.4. The molecule has 0 saturated carbocycles. The molecule has 1 aromatic carbocycles. The summed E-state index contributed by atoms with van der Waals surface area (Å²) in [6.07, 6.45) is 4.94. The van der Waals surface area contributed by atoms with Crippen LogP contribution in [0.1, 0.15) is 0 Å². The zero-order valence-corrected chi connectivity index (χ0v) is 17.1. The van der Waals surface area contributed by atoms with Crippen LogP contribution in [0, 0.1) is 5.82 Å². The van der Waals surface area contributed by atoms with E-state index in [4.69, 9.17) is 4.74 Å². The molecule has 0 saturated heterocycles. The third-order valence-electron chi connectivity index (χ3n) is 4.67. The molecule has 0 aliphatic heterocycles. The summed E-state index contributed by atoms with van der Waals surface area (Å²) in [4.78, 5) is 18.0. The number of hydrogen-bond donors (Lipinski definition) is 1. The van der Waals surface area contributed by atoms with E-state index < -0.39 is 0 Å². The molecule has 0 radical (unpaired) electrons. The van der Waals surface area contributed by atoms with Crippen molar-refractivity contribution in [1.82, 2.24) is 19.9 Å². The van der Waals surface area contributed by atoms with Crippen LogP contribution in [0.3, 0.4) is 0 Å². The lowest BCUT2D eigenvalue weighted by molar-refractivity contribution is 0.413. The van der Waals surface area contributed by atoms with Crippen molar-refractivity contribution >= 4 is 16.9 Å². The van der Waals surface area contributed by atoms with Crippen LogP contribution in [0.2, 0.25) is 0 Å². The van der Waals surface area contributed by atoms with Gasteiger partial charge in [0.15, 0.2) is 5.65 Å². The van der Waals surface area contributed by atoms with E-state index in [0.717, 1.165) is 10.9 Å². The fourth-order valence-corrected chi connectivity index (χ4v) is 3.13. The van der Waals surface area contributed by atoms with E-state index in [1.54, 1.807) is 63.1 Å². The molecule has 3 heterocycles. The average Bonchev–Trinajstić information content (AvgIpc) is 2.81. The Hall–Kier alpha value is -4.13. The minimum Gasteiger partial charge on any atom is -0.495 e. The van der Waals surface area contributed by atoms with Gasteiger partial charge >= 0.3 is 0 Å². The van der Waals surface area contributed by atoms with Crippen molar-refractivity contribution in [2.24, 2.45) is 0 Å². The summed E-state index contributed by atoms with van der Waals surface area (Å²) in [5.41, 5.74) is 2.80. The molecule has 0 unspecified atom stereocenters. The van der Waals surface area contributed by atoms with Crippen molar-refractivity contribution in [1.29, 1.82) is 0 Å². The van der Waals surface area contributed by atoms with E-state index in [1.807, 2.05) is 24.3 Å². The molecule has 4 aromatic rings. The maximum atomic E-state index is 14.5. The first-order valence-electron chi connectivity index (χ1n) is 9.63.